The third kappa shape index (κ3) is 4.69. The van der Waals surface area contributed by atoms with Gasteiger partial charge in [-0.25, -0.2) is 0 Å². The molecule has 1 saturated heterocycles. The quantitative estimate of drug-likeness (QED) is 0.681. The van der Waals surface area contributed by atoms with Gasteiger partial charge in [-0.15, -0.1) is 0 Å². The van der Waals surface area contributed by atoms with E-state index in [0.29, 0.717) is 32.3 Å². The van der Waals surface area contributed by atoms with Crippen LogP contribution in [0.3, 0.4) is 0 Å². The standard InChI is InChI=1S/C11H23N2O4P/c1-3-16-18(15,17-4-2)8-9-5-6-13-10(7-9)11(12)14/h9-10,13H,3-8H2,1-2H3,(H2,12,14)/t9-,10-/m1/s1. The molecular weight excluding hydrogens is 255 g/mol. The molecule has 106 valence electrons. The van der Waals surface area contributed by atoms with Crippen molar-refractivity contribution in [3.05, 3.63) is 0 Å². The van der Waals surface area contributed by atoms with Crippen molar-refractivity contribution in [1.82, 2.24) is 5.32 Å². The molecule has 0 unspecified atom stereocenters. The second-order valence-electron chi connectivity index (χ2n) is 4.43. The highest BCUT2D eigenvalue weighted by atomic mass is 31.2. The van der Waals surface area contributed by atoms with E-state index in [1.807, 2.05) is 0 Å². The normalized spacial score (nSPS) is 25.0. The van der Waals surface area contributed by atoms with Gasteiger partial charge in [-0.05, 0) is 39.2 Å². The molecule has 1 heterocycles. The molecule has 0 aliphatic carbocycles. The third-order valence-electron chi connectivity index (χ3n) is 2.99. The number of rotatable bonds is 7. The molecule has 18 heavy (non-hydrogen) atoms. The minimum Gasteiger partial charge on any atom is -0.368 e. The second kappa shape index (κ2) is 7.24. The lowest BCUT2D eigenvalue weighted by Gasteiger charge is -2.30. The predicted octanol–water partition coefficient (Wildman–Crippen LogP) is 1.11. The summed E-state index contributed by atoms with van der Waals surface area (Å²) in [7, 11) is -3.02. The van der Waals surface area contributed by atoms with Crippen molar-refractivity contribution in [2.45, 2.75) is 32.7 Å². The van der Waals surface area contributed by atoms with Crippen LogP contribution in [-0.2, 0) is 18.4 Å². The highest BCUT2D eigenvalue weighted by Crippen LogP contribution is 2.50. The first-order chi connectivity index (χ1) is 8.50. The van der Waals surface area contributed by atoms with Gasteiger partial charge in [0.05, 0.1) is 25.4 Å². The molecule has 1 rings (SSSR count). The molecule has 7 heteroatoms. The van der Waals surface area contributed by atoms with E-state index >= 15 is 0 Å². The summed E-state index contributed by atoms with van der Waals surface area (Å²) < 4.78 is 22.9. The number of hydrogen-bond donors (Lipinski definition) is 2. The molecule has 1 aliphatic heterocycles. The molecule has 0 aromatic rings. The molecule has 0 aromatic heterocycles. The molecule has 1 aliphatic rings. The number of nitrogens with two attached hydrogens (primary N) is 1. The molecule has 3 N–H and O–H groups in total. The molecule has 0 aromatic carbocycles. The summed E-state index contributed by atoms with van der Waals surface area (Å²) in [6, 6.07) is -0.333. The van der Waals surface area contributed by atoms with E-state index in [4.69, 9.17) is 14.8 Å². The molecule has 2 atom stereocenters. The average Bonchev–Trinajstić information content (AvgIpc) is 2.29. The fourth-order valence-electron chi connectivity index (χ4n) is 2.23. The smallest absolute Gasteiger partial charge is 0.330 e. The van der Waals surface area contributed by atoms with Crippen LogP contribution < -0.4 is 11.1 Å². The molecule has 0 radical (unpaired) electrons. The van der Waals surface area contributed by atoms with Crippen LogP contribution >= 0.6 is 7.60 Å². The van der Waals surface area contributed by atoms with E-state index in [1.165, 1.54) is 0 Å². The molecule has 1 fully saturated rings. The zero-order valence-corrected chi connectivity index (χ0v) is 11.9. The maximum Gasteiger partial charge on any atom is 0.330 e. The van der Waals surface area contributed by atoms with Gasteiger partial charge >= 0.3 is 7.60 Å². The lowest BCUT2D eigenvalue weighted by molar-refractivity contribution is -0.120. The van der Waals surface area contributed by atoms with E-state index < -0.39 is 7.60 Å². The summed E-state index contributed by atoms with van der Waals surface area (Å²) in [4.78, 5) is 11.1. The van der Waals surface area contributed by atoms with Crippen LogP contribution in [0.15, 0.2) is 0 Å². The Morgan fingerprint density at radius 1 is 1.39 bits per heavy atom. The van der Waals surface area contributed by atoms with Crippen molar-refractivity contribution in [3.8, 4) is 0 Å². The van der Waals surface area contributed by atoms with E-state index in [9.17, 15) is 9.36 Å². The fourth-order valence-corrected chi connectivity index (χ4v) is 4.27. The third-order valence-corrected chi connectivity index (χ3v) is 5.26. The molecule has 0 bridgehead atoms. The summed E-state index contributed by atoms with van der Waals surface area (Å²) in [6.07, 6.45) is 1.81. The van der Waals surface area contributed by atoms with Gasteiger partial charge in [-0.2, -0.15) is 0 Å². The first-order valence-corrected chi connectivity index (χ1v) is 8.14. The first kappa shape index (κ1) is 15.6. The zero-order chi connectivity index (χ0) is 13.6. The van der Waals surface area contributed by atoms with E-state index in [1.54, 1.807) is 13.8 Å². The van der Waals surface area contributed by atoms with Gasteiger partial charge in [-0.3, -0.25) is 9.36 Å². The van der Waals surface area contributed by atoms with Crippen LogP contribution in [0.4, 0.5) is 0 Å². The fraction of sp³-hybridized carbons (Fsp3) is 0.909. The summed E-state index contributed by atoms with van der Waals surface area (Å²) in [5.41, 5.74) is 5.28. The van der Waals surface area contributed by atoms with Crippen LogP contribution in [0.5, 0.6) is 0 Å². The molecular formula is C11H23N2O4P. The van der Waals surface area contributed by atoms with Gasteiger partial charge in [0.2, 0.25) is 5.91 Å². The number of nitrogens with one attached hydrogen (secondary N) is 1. The lowest BCUT2D eigenvalue weighted by atomic mass is 9.94. The lowest BCUT2D eigenvalue weighted by Crippen LogP contribution is -2.47. The van der Waals surface area contributed by atoms with Crippen LogP contribution in [0.25, 0.3) is 0 Å². The minimum absolute atomic E-state index is 0.146. The number of amides is 1. The van der Waals surface area contributed by atoms with Gasteiger partial charge in [0, 0.05) is 0 Å². The van der Waals surface area contributed by atoms with Crippen LogP contribution in [-0.4, -0.2) is 37.9 Å². The number of hydrogen-bond acceptors (Lipinski definition) is 5. The average molecular weight is 278 g/mol. The Hall–Kier alpha value is -0.420. The molecule has 1 amide bonds. The topological polar surface area (TPSA) is 90.6 Å². The van der Waals surface area contributed by atoms with E-state index in [-0.39, 0.29) is 17.9 Å². The Labute approximate surface area is 108 Å². The Balaban J connectivity index is 2.58. The van der Waals surface area contributed by atoms with Gasteiger partial charge < -0.3 is 20.1 Å². The number of carbonyl (C=O) groups excluding carboxylic acids is 1. The van der Waals surface area contributed by atoms with Gasteiger partial charge in [-0.1, -0.05) is 0 Å². The Morgan fingerprint density at radius 3 is 2.50 bits per heavy atom. The SMILES string of the molecule is CCOP(=O)(C[C@@H]1CCN[C@@H](C(N)=O)C1)OCC. The predicted molar refractivity (Wildman–Crippen MR) is 69.4 cm³/mol. The monoisotopic (exact) mass is 278 g/mol. The van der Waals surface area contributed by atoms with Gasteiger partial charge in [0.15, 0.2) is 0 Å². The van der Waals surface area contributed by atoms with Crippen LogP contribution in [0.1, 0.15) is 26.7 Å². The maximum atomic E-state index is 12.4. The molecule has 6 nitrogen and oxygen atoms in total. The van der Waals surface area contributed by atoms with Gasteiger partial charge in [0.25, 0.3) is 0 Å². The van der Waals surface area contributed by atoms with Gasteiger partial charge in [0.1, 0.15) is 0 Å². The van der Waals surface area contributed by atoms with E-state index in [0.717, 1.165) is 6.42 Å². The number of primary amides is 1. The number of carbonyl (C=O) groups is 1. The molecule has 0 spiro atoms. The van der Waals surface area contributed by atoms with Crippen molar-refractivity contribution in [3.63, 3.8) is 0 Å². The van der Waals surface area contributed by atoms with Crippen molar-refractivity contribution < 1.29 is 18.4 Å². The van der Waals surface area contributed by atoms with Crippen molar-refractivity contribution in [1.29, 1.82) is 0 Å². The van der Waals surface area contributed by atoms with Crippen molar-refractivity contribution in [2.24, 2.45) is 11.7 Å². The van der Waals surface area contributed by atoms with E-state index in [2.05, 4.69) is 5.32 Å². The molecule has 0 saturated carbocycles. The van der Waals surface area contributed by atoms with Crippen molar-refractivity contribution >= 4 is 13.5 Å². The number of piperidine rings is 1. The second-order valence-corrected chi connectivity index (χ2v) is 6.53. The highest BCUT2D eigenvalue weighted by molar-refractivity contribution is 7.53. The Morgan fingerprint density at radius 2 is 2.00 bits per heavy atom. The minimum atomic E-state index is -3.02. The Kier molecular flexibility index (Phi) is 6.29. The van der Waals surface area contributed by atoms with Crippen LogP contribution in [0, 0.1) is 5.92 Å². The largest absolute Gasteiger partial charge is 0.368 e. The zero-order valence-electron chi connectivity index (χ0n) is 11.1. The summed E-state index contributed by atoms with van der Waals surface area (Å²) in [5.74, 6) is -0.213. The first-order valence-electron chi connectivity index (χ1n) is 6.41. The summed E-state index contributed by atoms with van der Waals surface area (Å²) in [6.45, 7) is 5.01. The van der Waals surface area contributed by atoms with Crippen molar-refractivity contribution in [2.75, 3.05) is 25.9 Å². The Bertz CT molecular complexity index is 314. The highest BCUT2D eigenvalue weighted by Gasteiger charge is 2.33. The summed E-state index contributed by atoms with van der Waals surface area (Å²) >= 11 is 0. The maximum absolute atomic E-state index is 12.4. The van der Waals surface area contributed by atoms with Crippen LogP contribution in [0.2, 0.25) is 0 Å². The summed E-state index contributed by atoms with van der Waals surface area (Å²) in [5, 5.41) is 3.05.